The van der Waals surface area contributed by atoms with E-state index >= 15 is 0 Å². The lowest BCUT2D eigenvalue weighted by molar-refractivity contribution is -0.137. The molecule has 1 saturated heterocycles. The molecule has 0 atom stereocenters. The second kappa shape index (κ2) is 5.77. The second-order valence-corrected chi connectivity index (χ2v) is 4.68. The summed E-state index contributed by atoms with van der Waals surface area (Å²) < 4.78 is 56.0. The third-order valence-electron chi connectivity index (χ3n) is 3.14. The van der Waals surface area contributed by atoms with Crippen LogP contribution in [0.1, 0.15) is 18.4 Å². The highest BCUT2D eigenvalue weighted by Gasteiger charge is 2.31. The second-order valence-electron chi connectivity index (χ2n) is 4.68. The minimum atomic E-state index is -4.56. The van der Waals surface area contributed by atoms with Crippen molar-refractivity contribution >= 4 is 0 Å². The Morgan fingerprint density at radius 3 is 2.47 bits per heavy atom. The third kappa shape index (κ3) is 4.09. The Kier molecular flexibility index (Phi) is 4.29. The van der Waals surface area contributed by atoms with E-state index in [1.807, 2.05) is 0 Å². The van der Waals surface area contributed by atoms with Gasteiger partial charge in [-0.2, -0.15) is 13.2 Å². The van der Waals surface area contributed by atoms with Gasteiger partial charge in [0.2, 0.25) is 0 Å². The van der Waals surface area contributed by atoms with Gasteiger partial charge in [0.05, 0.1) is 12.2 Å². The number of rotatable bonds is 3. The fraction of sp³-hybridized carbons (Fsp3) is 0.538. The van der Waals surface area contributed by atoms with Crippen molar-refractivity contribution < 1.29 is 22.3 Å². The average molecular weight is 277 g/mol. The first-order valence-electron chi connectivity index (χ1n) is 6.16. The van der Waals surface area contributed by atoms with Gasteiger partial charge < -0.3 is 10.1 Å². The Morgan fingerprint density at radius 1 is 1.16 bits per heavy atom. The highest BCUT2D eigenvalue weighted by molar-refractivity contribution is 5.31. The van der Waals surface area contributed by atoms with Crippen LogP contribution in [-0.2, 0) is 6.18 Å². The van der Waals surface area contributed by atoms with E-state index in [1.54, 1.807) is 0 Å². The number of benzene rings is 1. The van der Waals surface area contributed by atoms with Crippen LogP contribution in [0.25, 0.3) is 0 Å². The lowest BCUT2D eigenvalue weighted by Gasteiger charge is -2.22. The number of hydrogen-bond acceptors (Lipinski definition) is 2. The molecule has 1 aliphatic rings. The number of piperidine rings is 1. The summed E-state index contributed by atoms with van der Waals surface area (Å²) in [4.78, 5) is 0. The maximum atomic E-state index is 13.1. The molecule has 2 rings (SSSR count). The fourth-order valence-corrected chi connectivity index (χ4v) is 2.07. The molecule has 1 aromatic carbocycles. The number of ether oxygens (including phenoxy) is 1. The average Bonchev–Trinajstić information content (AvgIpc) is 2.36. The highest BCUT2D eigenvalue weighted by atomic mass is 19.4. The van der Waals surface area contributed by atoms with E-state index in [1.165, 1.54) is 0 Å². The van der Waals surface area contributed by atoms with Gasteiger partial charge in [-0.3, -0.25) is 0 Å². The molecule has 1 aromatic rings. The van der Waals surface area contributed by atoms with Gasteiger partial charge in [0.25, 0.3) is 0 Å². The predicted molar refractivity (Wildman–Crippen MR) is 62.5 cm³/mol. The lowest BCUT2D eigenvalue weighted by Crippen LogP contribution is -2.30. The maximum Gasteiger partial charge on any atom is 0.416 e. The summed E-state index contributed by atoms with van der Waals surface area (Å²) in [5.74, 6) is -0.695. The first-order chi connectivity index (χ1) is 8.95. The van der Waals surface area contributed by atoms with Crippen molar-refractivity contribution in [3.63, 3.8) is 0 Å². The van der Waals surface area contributed by atoms with Gasteiger partial charge in [-0.05, 0) is 44.0 Å². The molecule has 0 radical (unpaired) electrons. The molecule has 19 heavy (non-hydrogen) atoms. The van der Waals surface area contributed by atoms with Crippen LogP contribution in [0.2, 0.25) is 0 Å². The Labute approximate surface area is 108 Å². The maximum absolute atomic E-state index is 13.1. The quantitative estimate of drug-likeness (QED) is 0.856. The topological polar surface area (TPSA) is 21.3 Å². The van der Waals surface area contributed by atoms with Crippen LogP contribution in [0.5, 0.6) is 5.75 Å². The molecule has 1 fully saturated rings. The molecule has 0 aromatic heterocycles. The Hall–Kier alpha value is -1.30. The van der Waals surface area contributed by atoms with E-state index in [0.717, 1.165) is 38.1 Å². The van der Waals surface area contributed by atoms with Crippen LogP contribution < -0.4 is 10.1 Å². The molecule has 1 heterocycles. The van der Waals surface area contributed by atoms with E-state index in [0.29, 0.717) is 18.6 Å². The lowest BCUT2D eigenvalue weighted by atomic mass is 9.99. The van der Waals surface area contributed by atoms with Gasteiger partial charge in [-0.25, -0.2) is 4.39 Å². The molecule has 0 aliphatic carbocycles. The van der Waals surface area contributed by atoms with Gasteiger partial charge in [-0.15, -0.1) is 0 Å². The first-order valence-corrected chi connectivity index (χ1v) is 6.16. The Morgan fingerprint density at radius 2 is 1.84 bits per heavy atom. The van der Waals surface area contributed by atoms with Gasteiger partial charge in [0.15, 0.2) is 0 Å². The van der Waals surface area contributed by atoms with Gasteiger partial charge >= 0.3 is 6.18 Å². The highest BCUT2D eigenvalue weighted by Crippen LogP contribution is 2.32. The minimum absolute atomic E-state index is 0.0640. The van der Waals surface area contributed by atoms with E-state index in [-0.39, 0.29) is 5.75 Å². The van der Waals surface area contributed by atoms with Crippen LogP contribution >= 0.6 is 0 Å². The smallest absolute Gasteiger partial charge is 0.416 e. The number of hydrogen-bond donors (Lipinski definition) is 1. The summed E-state index contributed by atoms with van der Waals surface area (Å²) in [6.07, 6.45) is -2.72. The minimum Gasteiger partial charge on any atom is -0.493 e. The van der Waals surface area contributed by atoms with Crippen molar-refractivity contribution in [1.29, 1.82) is 0 Å². The van der Waals surface area contributed by atoms with Crippen LogP contribution in [-0.4, -0.2) is 19.7 Å². The normalized spacial score (nSPS) is 17.5. The summed E-state index contributed by atoms with van der Waals surface area (Å²) in [5, 5.41) is 3.19. The van der Waals surface area contributed by atoms with Crippen LogP contribution in [0.3, 0.4) is 0 Å². The van der Waals surface area contributed by atoms with Crippen LogP contribution in [0.4, 0.5) is 17.6 Å². The van der Waals surface area contributed by atoms with Crippen molar-refractivity contribution in [2.24, 2.45) is 5.92 Å². The Balaban J connectivity index is 2.01. The van der Waals surface area contributed by atoms with Crippen molar-refractivity contribution in [3.05, 3.63) is 29.6 Å². The van der Waals surface area contributed by atoms with Crippen molar-refractivity contribution in [3.8, 4) is 5.75 Å². The zero-order valence-electron chi connectivity index (χ0n) is 10.3. The van der Waals surface area contributed by atoms with Crippen LogP contribution in [0.15, 0.2) is 18.2 Å². The first kappa shape index (κ1) is 14.1. The molecule has 1 aliphatic heterocycles. The molecule has 1 N–H and O–H groups in total. The zero-order chi connectivity index (χ0) is 13.9. The van der Waals surface area contributed by atoms with Crippen molar-refractivity contribution in [2.45, 2.75) is 19.0 Å². The van der Waals surface area contributed by atoms with Gasteiger partial charge in [0.1, 0.15) is 11.6 Å². The molecule has 0 amide bonds. The van der Waals surface area contributed by atoms with Gasteiger partial charge in [0, 0.05) is 6.07 Å². The molecule has 0 bridgehead atoms. The molecule has 6 heteroatoms. The monoisotopic (exact) mass is 277 g/mol. The SMILES string of the molecule is Fc1cc(OCC2CCNCC2)cc(C(F)(F)F)c1. The zero-order valence-corrected chi connectivity index (χ0v) is 10.3. The number of halogens is 4. The van der Waals surface area contributed by atoms with Crippen LogP contribution in [0, 0.1) is 11.7 Å². The van der Waals surface area contributed by atoms with E-state index < -0.39 is 17.6 Å². The Bertz CT molecular complexity index is 427. The summed E-state index contributed by atoms with van der Waals surface area (Å²) >= 11 is 0. The molecule has 2 nitrogen and oxygen atoms in total. The predicted octanol–water partition coefficient (Wildman–Crippen LogP) is 3.22. The third-order valence-corrected chi connectivity index (χ3v) is 3.14. The largest absolute Gasteiger partial charge is 0.493 e. The van der Waals surface area contributed by atoms with E-state index in [2.05, 4.69) is 5.32 Å². The molecular weight excluding hydrogens is 262 g/mol. The summed E-state index contributed by atoms with van der Waals surface area (Å²) in [6, 6.07) is 2.29. The van der Waals surface area contributed by atoms with E-state index in [9.17, 15) is 17.6 Å². The fourth-order valence-electron chi connectivity index (χ4n) is 2.07. The summed E-state index contributed by atoms with van der Waals surface area (Å²) in [5.41, 5.74) is -1.02. The molecule has 0 spiro atoms. The molecule has 0 unspecified atom stereocenters. The van der Waals surface area contributed by atoms with Crippen molar-refractivity contribution in [2.75, 3.05) is 19.7 Å². The summed E-state index contributed by atoms with van der Waals surface area (Å²) in [7, 11) is 0. The number of alkyl halides is 3. The van der Waals surface area contributed by atoms with Crippen molar-refractivity contribution in [1.82, 2.24) is 5.32 Å². The molecule has 106 valence electrons. The summed E-state index contributed by atoms with van der Waals surface area (Å²) in [6.45, 7) is 2.08. The van der Waals surface area contributed by atoms with Gasteiger partial charge in [-0.1, -0.05) is 0 Å². The molecular formula is C13H15F4NO. The van der Waals surface area contributed by atoms with E-state index in [4.69, 9.17) is 4.74 Å². The standard InChI is InChI=1S/C13H15F4NO/c14-11-5-10(13(15,16)17)6-12(7-11)19-8-9-1-3-18-4-2-9/h5-7,9,18H,1-4,8H2. The number of nitrogens with one attached hydrogen (secondary N) is 1. The molecule has 0 saturated carbocycles.